The van der Waals surface area contributed by atoms with E-state index < -0.39 is 21.9 Å². The lowest BCUT2D eigenvalue weighted by Gasteiger charge is -2.19. The molecule has 0 aliphatic carbocycles. The largest absolute Gasteiger partial charge is 0.336 e. The Labute approximate surface area is 158 Å². The van der Waals surface area contributed by atoms with Gasteiger partial charge in [0.05, 0.1) is 4.90 Å². The van der Waals surface area contributed by atoms with Crippen LogP contribution < -0.4 is 4.72 Å². The first kappa shape index (κ1) is 19.3. The highest BCUT2D eigenvalue weighted by Crippen LogP contribution is 2.24. The summed E-state index contributed by atoms with van der Waals surface area (Å²) < 4.78 is 44.0. The third kappa shape index (κ3) is 4.43. The minimum atomic E-state index is -3.82. The Kier molecular flexibility index (Phi) is 5.72. The number of imidazole rings is 1. The third-order valence-corrected chi connectivity index (χ3v) is 5.78. The van der Waals surface area contributed by atoms with Crippen LogP contribution in [0.25, 0.3) is 0 Å². The molecule has 0 amide bonds. The molecular formula is C20H22FN3O2S. The molecule has 0 spiro atoms. The van der Waals surface area contributed by atoms with Gasteiger partial charge in [-0.1, -0.05) is 37.6 Å². The van der Waals surface area contributed by atoms with Crippen LogP contribution in [0.2, 0.25) is 0 Å². The summed E-state index contributed by atoms with van der Waals surface area (Å²) in [5.41, 5.74) is 1.57. The first-order valence-corrected chi connectivity index (χ1v) is 10.2. The van der Waals surface area contributed by atoms with Gasteiger partial charge in [-0.2, -0.15) is 4.72 Å². The number of hydrogen-bond acceptors (Lipinski definition) is 3. The van der Waals surface area contributed by atoms with Crippen molar-refractivity contribution in [3.63, 3.8) is 0 Å². The van der Waals surface area contributed by atoms with Gasteiger partial charge < -0.3 is 4.57 Å². The first-order chi connectivity index (χ1) is 12.9. The van der Waals surface area contributed by atoms with Gasteiger partial charge in [0.25, 0.3) is 0 Å². The van der Waals surface area contributed by atoms with Gasteiger partial charge >= 0.3 is 0 Å². The Balaban J connectivity index is 1.97. The SMILES string of the molecule is CCCc1ccc(S(=O)(=O)NC(c2cccc(F)c2)c2nccn2C)cc1. The van der Waals surface area contributed by atoms with Crippen LogP contribution in [0.1, 0.15) is 36.3 Å². The molecule has 1 unspecified atom stereocenters. The highest BCUT2D eigenvalue weighted by Gasteiger charge is 2.26. The highest BCUT2D eigenvalue weighted by atomic mass is 32.2. The van der Waals surface area contributed by atoms with E-state index in [2.05, 4.69) is 16.6 Å². The number of halogens is 1. The van der Waals surface area contributed by atoms with Crippen molar-refractivity contribution in [2.75, 3.05) is 0 Å². The molecule has 5 nitrogen and oxygen atoms in total. The average molecular weight is 387 g/mol. The second-order valence-corrected chi connectivity index (χ2v) is 8.11. The van der Waals surface area contributed by atoms with Crippen LogP contribution in [0.3, 0.4) is 0 Å². The van der Waals surface area contributed by atoms with E-state index in [0.717, 1.165) is 18.4 Å². The number of sulfonamides is 1. The van der Waals surface area contributed by atoms with Crippen molar-refractivity contribution in [2.45, 2.75) is 30.7 Å². The summed E-state index contributed by atoms with van der Waals surface area (Å²) in [7, 11) is -2.05. The van der Waals surface area contributed by atoms with Crippen LogP contribution in [0.5, 0.6) is 0 Å². The summed E-state index contributed by atoms with van der Waals surface area (Å²) in [5, 5.41) is 0. The van der Waals surface area contributed by atoms with Crippen molar-refractivity contribution in [2.24, 2.45) is 7.05 Å². The van der Waals surface area contributed by atoms with Gasteiger partial charge in [0.1, 0.15) is 17.7 Å². The van der Waals surface area contributed by atoms with E-state index in [-0.39, 0.29) is 4.90 Å². The lowest BCUT2D eigenvalue weighted by molar-refractivity contribution is 0.560. The van der Waals surface area contributed by atoms with Gasteiger partial charge in [0.2, 0.25) is 10.0 Å². The smallest absolute Gasteiger partial charge is 0.241 e. The number of hydrogen-bond donors (Lipinski definition) is 1. The van der Waals surface area contributed by atoms with E-state index in [9.17, 15) is 12.8 Å². The van der Waals surface area contributed by atoms with Crippen LogP contribution >= 0.6 is 0 Å². The molecule has 0 bridgehead atoms. The molecule has 2 aromatic carbocycles. The van der Waals surface area contributed by atoms with Gasteiger partial charge in [-0.15, -0.1) is 0 Å². The number of aryl methyl sites for hydroxylation is 2. The van der Waals surface area contributed by atoms with E-state index in [1.165, 1.54) is 12.1 Å². The molecule has 1 aromatic heterocycles. The molecule has 1 atom stereocenters. The second kappa shape index (κ2) is 8.02. The highest BCUT2D eigenvalue weighted by molar-refractivity contribution is 7.89. The molecule has 0 aliphatic heterocycles. The number of nitrogens with one attached hydrogen (secondary N) is 1. The zero-order valence-electron chi connectivity index (χ0n) is 15.3. The molecule has 142 valence electrons. The molecule has 3 rings (SSSR count). The van der Waals surface area contributed by atoms with Crippen LogP contribution in [0.4, 0.5) is 4.39 Å². The van der Waals surface area contributed by atoms with Crippen molar-refractivity contribution >= 4 is 10.0 Å². The number of rotatable bonds is 7. The number of nitrogens with zero attached hydrogens (tertiary/aromatic N) is 2. The molecule has 0 aliphatic rings. The second-order valence-electron chi connectivity index (χ2n) is 6.40. The zero-order chi connectivity index (χ0) is 19.4. The van der Waals surface area contributed by atoms with Crippen LogP contribution in [0.15, 0.2) is 65.8 Å². The van der Waals surface area contributed by atoms with Gasteiger partial charge in [-0.3, -0.25) is 0 Å². The maximum atomic E-state index is 13.7. The van der Waals surface area contributed by atoms with Crippen LogP contribution in [-0.2, 0) is 23.5 Å². The Hall–Kier alpha value is -2.51. The van der Waals surface area contributed by atoms with E-state index in [0.29, 0.717) is 11.4 Å². The molecule has 0 saturated carbocycles. The van der Waals surface area contributed by atoms with E-state index in [1.807, 2.05) is 12.1 Å². The number of benzene rings is 2. The summed E-state index contributed by atoms with van der Waals surface area (Å²) in [6.45, 7) is 2.07. The lowest BCUT2D eigenvalue weighted by Crippen LogP contribution is -2.31. The Morgan fingerprint density at radius 1 is 1.19 bits per heavy atom. The molecule has 7 heteroatoms. The monoisotopic (exact) mass is 387 g/mol. The molecule has 0 fully saturated rings. The molecule has 0 radical (unpaired) electrons. The summed E-state index contributed by atoms with van der Waals surface area (Å²) in [6, 6.07) is 11.9. The normalized spacial score (nSPS) is 12.9. The molecule has 27 heavy (non-hydrogen) atoms. The maximum Gasteiger partial charge on any atom is 0.241 e. The lowest BCUT2D eigenvalue weighted by atomic mass is 10.1. The number of aromatic nitrogens is 2. The molecule has 3 aromatic rings. The Bertz CT molecular complexity index is 1010. The fourth-order valence-corrected chi connectivity index (χ4v) is 4.14. The fraction of sp³-hybridized carbons (Fsp3) is 0.250. The Morgan fingerprint density at radius 2 is 1.93 bits per heavy atom. The fourth-order valence-electron chi connectivity index (χ4n) is 2.96. The summed E-state index contributed by atoms with van der Waals surface area (Å²) in [4.78, 5) is 4.42. The minimum Gasteiger partial charge on any atom is -0.336 e. The molecule has 0 saturated heterocycles. The quantitative estimate of drug-likeness (QED) is 0.674. The molecule has 1 N–H and O–H groups in total. The van der Waals surface area contributed by atoms with E-state index in [1.54, 1.807) is 48.3 Å². The van der Waals surface area contributed by atoms with Crippen molar-refractivity contribution in [1.29, 1.82) is 0 Å². The predicted molar refractivity (Wildman–Crippen MR) is 102 cm³/mol. The average Bonchev–Trinajstić information content (AvgIpc) is 3.06. The topological polar surface area (TPSA) is 64.0 Å². The van der Waals surface area contributed by atoms with E-state index >= 15 is 0 Å². The van der Waals surface area contributed by atoms with Crippen LogP contribution in [-0.4, -0.2) is 18.0 Å². The Morgan fingerprint density at radius 3 is 2.52 bits per heavy atom. The van der Waals surface area contributed by atoms with Gasteiger partial charge in [0, 0.05) is 19.4 Å². The summed E-state index contributed by atoms with van der Waals surface area (Å²) in [5.74, 6) is 0.0432. The van der Waals surface area contributed by atoms with Crippen molar-refractivity contribution < 1.29 is 12.8 Å². The predicted octanol–water partition coefficient (Wildman–Crippen LogP) is 3.58. The zero-order valence-corrected chi connectivity index (χ0v) is 16.1. The van der Waals surface area contributed by atoms with Gasteiger partial charge in [-0.05, 0) is 41.8 Å². The molecular weight excluding hydrogens is 365 g/mol. The standard InChI is InChI=1S/C20H22FN3O2S/c1-3-5-15-8-10-18(11-9-15)27(25,26)23-19(20-22-12-13-24(20)2)16-6-4-7-17(21)14-16/h4,6-14,19,23H,3,5H2,1-2H3. The van der Waals surface area contributed by atoms with Crippen LogP contribution in [0, 0.1) is 5.82 Å². The van der Waals surface area contributed by atoms with E-state index in [4.69, 9.17) is 0 Å². The van der Waals surface area contributed by atoms with Gasteiger partial charge in [-0.25, -0.2) is 17.8 Å². The maximum absolute atomic E-state index is 13.7. The molecule has 1 heterocycles. The minimum absolute atomic E-state index is 0.165. The van der Waals surface area contributed by atoms with Crippen molar-refractivity contribution in [1.82, 2.24) is 14.3 Å². The van der Waals surface area contributed by atoms with Gasteiger partial charge in [0.15, 0.2) is 0 Å². The van der Waals surface area contributed by atoms with Crippen molar-refractivity contribution in [3.05, 3.63) is 83.7 Å². The van der Waals surface area contributed by atoms with Crippen molar-refractivity contribution in [3.8, 4) is 0 Å². The first-order valence-electron chi connectivity index (χ1n) is 8.74. The summed E-state index contributed by atoms with van der Waals surface area (Å²) >= 11 is 0. The third-order valence-electron chi connectivity index (χ3n) is 4.34. The summed E-state index contributed by atoms with van der Waals surface area (Å²) in [6.07, 6.45) is 5.18.